The predicted octanol–water partition coefficient (Wildman–Crippen LogP) is 2.15. The van der Waals surface area contributed by atoms with Gasteiger partial charge in [0.15, 0.2) is 0 Å². The van der Waals surface area contributed by atoms with Crippen molar-refractivity contribution in [2.45, 2.75) is 46.6 Å². The van der Waals surface area contributed by atoms with Crippen LogP contribution in [-0.4, -0.2) is 101 Å². The summed E-state index contributed by atoms with van der Waals surface area (Å²) >= 11 is 0. The molecule has 0 aliphatic carbocycles. The summed E-state index contributed by atoms with van der Waals surface area (Å²) in [5.74, 6) is 0.762. The molecule has 2 aliphatic rings. The Bertz CT molecular complexity index is 407. The summed E-state index contributed by atoms with van der Waals surface area (Å²) in [6.07, 6.45) is 2.42. The quantitative estimate of drug-likeness (QED) is 0.364. The van der Waals surface area contributed by atoms with Gasteiger partial charge in [0.05, 0.1) is 26.4 Å². The fraction of sp³-hybridized carbons (Fsp3) is 1.00. The van der Waals surface area contributed by atoms with Gasteiger partial charge in [-0.05, 0) is 25.8 Å². The Morgan fingerprint density at radius 2 is 1.43 bits per heavy atom. The number of nitrogens with one attached hydrogen (secondary N) is 2. The van der Waals surface area contributed by atoms with E-state index in [0.29, 0.717) is 11.5 Å². The van der Waals surface area contributed by atoms with Crippen molar-refractivity contribution >= 4 is 0 Å². The Kier molecular flexibility index (Phi) is 11.3. The van der Waals surface area contributed by atoms with Crippen LogP contribution in [0.25, 0.3) is 0 Å². The van der Waals surface area contributed by atoms with Crippen LogP contribution in [0.1, 0.15) is 43.4 Å². The summed E-state index contributed by atoms with van der Waals surface area (Å²) in [5.41, 5.74) is 0.579. The van der Waals surface area contributed by atoms with Crippen LogP contribution in [0.15, 0.2) is 0 Å². The number of hydrogen-bond donors (Lipinski definition) is 2. The maximum Gasteiger partial charge on any atom is 0.0594 e. The normalized spacial score (nSPS) is 21.4. The van der Waals surface area contributed by atoms with E-state index in [0.717, 1.165) is 65.1 Å². The minimum absolute atomic E-state index is 0. The molecule has 2 atom stereocenters. The topological polar surface area (TPSA) is 49.0 Å². The molecule has 1 spiro atoms. The Balaban J connectivity index is 0.00000420. The first kappa shape index (κ1) is 24.0. The van der Waals surface area contributed by atoms with E-state index >= 15 is 0 Å². The third kappa shape index (κ3) is 8.64. The van der Waals surface area contributed by atoms with Crippen molar-refractivity contribution in [1.29, 1.82) is 0 Å². The Labute approximate surface area is 176 Å². The Hall–Kier alpha value is -0.240. The lowest BCUT2D eigenvalue weighted by molar-refractivity contribution is -0.123. The van der Waals surface area contributed by atoms with Crippen LogP contribution < -0.4 is 10.6 Å². The molecule has 0 aromatic carbocycles. The molecular formula is C22H50N4O2. The molecule has 6 nitrogen and oxygen atoms in total. The number of rotatable bonds is 17. The van der Waals surface area contributed by atoms with Gasteiger partial charge in [-0.15, -0.1) is 0 Å². The van der Waals surface area contributed by atoms with Crippen molar-refractivity contribution in [3.8, 4) is 0 Å². The van der Waals surface area contributed by atoms with Gasteiger partial charge in [-0.1, -0.05) is 27.2 Å². The smallest absolute Gasteiger partial charge is 0.0594 e. The molecule has 170 valence electrons. The summed E-state index contributed by atoms with van der Waals surface area (Å²) in [6.45, 7) is 22.5. The number of ether oxygens (including phenoxy) is 2. The predicted molar refractivity (Wildman–Crippen MR) is 121 cm³/mol. The zero-order valence-corrected chi connectivity index (χ0v) is 19.0. The molecule has 2 saturated heterocycles. The highest BCUT2D eigenvalue weighted by atomic mass is 16.5. The molecule has 0 radical (unpaired) electrons. The largest absolute Gasteiger partial charge is 0.379 e. The lowest BCUT2D eigenvalue weighted by Crippen LogP contribution is -2.72. The second-order valence-electron chi connectivity index (χ2n) is 9.13. The molecule has 2 fully saturated rings. The highest BCUT2D eigenvalue weighted by Gasteiger charge is 2.50. The molecule has 6 heteroatoms. The first-order chi connectivity index (χ1) is 13.6. The van der Waals surface area contributed by atoms with Crippen molar-refractivity contribution in [2.24, 2.45) is 11.3 Å². The minimum Gasteiger partial charge on any atom is -0.379 e. The average Bonchev–Trinajstić information content (AvgIpc) is 2.64. The van der Waals surface area contributed by atoms with E-state index in [4.69, 9.17) is 9.47 Å². The molecule has 0 aromatic heterocycles. The lowest BCUT2D eigenvalue weighted by atomic mass is 9.73. The number of hydrogen-bond acceptors (Lipinski definition) is 6. The second-order valence-corrected chi connectivity index (χ2v) is 9.13. The molecule has 0 aromatic rings. The molecule has 2 heterocycles. The average molecular weight is 403 g/mol. The van der Waals surface area contributed by atoms with E-state index in [2.05, 4.69) is 48.1 Å². The van der Waals surface area contributed by atoms with E-state index in [-0.39, 0.29) is 2.85 Å². The monoisotopic (exact) mass is 402 g/mol. The molecule has 2 N–H and O–H groups in total. The van der Waals surface area contributed by atoms with Gasteiger partial charge in [0.25, 0.3) is 0 Å². The van der Waals surface area contributed by atoms with Crippen molar-refractivity contribution in [2.75, 3.05) is 85.3 Å². The van der Waals surface area contributed by atoms with Gasteiger partial charge >= 0.3 is 0 Å². The minimum atomic E-state index is 0. The standard InChI is InChI=1S/C22H46N4O2.2H2/c1-5-20(3)15-23-7-11-27-13-9-25-16-22(17-25)18-26(19-22)10-14-28-12-8-24-21(4)6-2;;/h20-21,23-24H,5-19H2,1-4H3;2*1H. The van der Waals surface area contributed by atoms with E-state index in [1.165, 1.54) is 39.0 Å². The molecule has 0 bridgehead atoms. The van der Waals surface area contributed by atoms with Crippen molar-refractivity contribution < 1.29 is 12.3 Å². The number of likely N-dealkylation sites (tertiary alicyclic amines) is 2. The van der Waals surface area contributed by atoms with Crippen LogP contribution in [0.3, 0.4) is 0 Å². The summed E-state index contributed by atoms with van der Waals surface area (Å²) in [5, 5.41) is 6.93. The van der Waals surface area contributed by atoms with Crippen LogP contribution in [0.4, 0.5) is 0 Å². The lowest BCUT2D eigenvalue weighted by Gasteiger charge is -2.60. The summed E-state index contributed by atoms with van der Waals surface area (Å²) in [6, 6.07) is 0.595. The van der Waals surface area contributed by atoms with Gasteiger partial charge in [0.2, 0.25) is 0 Å². The maximum absolute atomic E-state index is 5.77. The zero-order chi connectivity index (χ0) is 20.2. The van der Waals surface area contributed by atoms with Gasteiger partial charge in [0.1, 0.15) is 0 Å². The molecule has 28 heavy (non-hydrogen) atoms. The summed E-state index contributed by atoms with van der Waals surface area (Å²) in [7, 11) is 0. The highest BCUT2D eigenvalue weighted by molar-refractivity contribution is 5.05. The van der Waals surface area contributed by atoms with Crippen molar-refractivity contribution in [1.82, 2.24) is 20.4 Å². The van der Waals surface area contributed by atoms with E-state index in [9.17, 15) is 0 Å². The number of nitrogens with zero attached hydrogens (tertiary/aromatic N) is 2. The Morgan fingerprint density at radius 3 is 1.96 bits per heavy atom. The molecular weight excluding hydrogens is 352 g/mol. The van der Waals surface area contributed by atoms with Crippen LogP contribution in [0, 0.1) is 11.3 Å². The summed E-state index contributed by atoms with van der Waals surface area (Å²) < 4.78 is 11.5. The maximum atomic E-state index is 5.77. The van der Waals surface area contributed by atoms with Crippen LogP contribution in [0.5, 0.6) is 0 Å². The van der Waals surface area contributed by atoms with Gasteiger partial charge < -0.3 is 20.1 Å². The SMILES string of the molecule is CCC(C)CNCCOCCN1CC2(C1)CN(CCOCCNC(C)CC)C2.[HH].[HH]. The second kappa shape index (κ2) is 13.1. The molecule has 2 aliphatic heterocycles. The van der Waals surface area contributed by atoms with Crippen LogP contribution >= 0.6 is 0 Å². The molecule has 0 amide bonds. The van der Waals surface area contributed by atoms with Crippen LogP contribution in [0.2, 0.25) is 0 Å². The fourth-order valence-corrected chi connectivity index (χ4v) is 4.07. The molecule has 2 unspecified atom stereocenters. The van der Waals surface area contributed by atoms with Gasteiger partial charge in [0, 0.05) is 66.7 Å². The van der Waals surface area contributed by atoms with Crippen molar-refractivity contribution in [3.05, 3.63) is 0 Å². The molecule has 2 rings (SSSR count). The Morgan fingerprint density at radius 1 is 0.857 bits per heavy atom. The first-order valence-corrected chi connectivity index (χ1v) is 11.6. The van der Waals surface area contributed by atoms with Gasteiger partial charge in [-0.3, -0.25) is 9.80 Å². The first-order valence-electron chi connectivity index (χ1n) is 11.6. The summed E-state index contributed by atoms with van der Waals surface area (Å²) in [4.78, 5) is 5.08. The third-order valence-corrected chi connectivity index (χ3v) is 6.30. The highest BCUT2D eigenvalue weighted by Crippen LogP contribution is 2.38. The fourth-order valence-electron chi connectivity index (χ4n) is 4.07. The van der Waals surface area contributed by atoms with Gasteiger partial charge in [-0.2, -0.15) is 0 Å². The van der Waals surface area contributed by atoms with E-state index < -0.39 is 0 Å². The van der Waals surface area contributed by atoms with E-state index in [1.807, 2.05) is 0 Å². The van der Waals surface area contributed by atoms with Gasteiger partial charge in [-0.25, -0.2) is 0 Å². The van der Waals surface area contributed by atoms with Crippen LogP contribution in [-0.2, 0) is 9.47 Å². The van der Waals surface area contributed by atoms with E-state index in [1.54, 1.807) is 0 Å². The van der Waals surface area contributed by atoms with Crippen molar-refractivity contribution in [3.63, 3.8) is 0 Å². The third-order valence-electron chi connectivity index (χ3n) is 6.30. The zero-order valence-electron chi connectivity index (χ0n) is 19.0. The molecule has 0 saturated carbocycles.